The Morgan fingerprint density at radius 1 is 1.00 bits per heavy atom. The fourth-order valence-corrected chi connectivity index (χ4v) is 6.75. The van der Waals surface area contributed by atoms with Crippen molar-refractivity contribution >= 4 is 45.4 Å². The molecule has 0 saturated heterocycles. The van der Waals surface area contributed by atoms with Crippen molar-refractivity contribution in [3.8, 4) is 0 Å². The van der Waals surface area contributed by atoms with Gasteiger partial charge in [-0.15, -0.1) is 0 Å². The Bertz CT molecular complexity index is 1770. The van der Waals surface area contributed by atoms with E-state index in [2.05, 4.69) is 36.0 Å². The van der Waals surface area contributed by atoms with Crippen molar-refractivity contribution < 1.29 is 17.3 Å². The Morgan fingerprint density at radius 3 is 2.49 bits per heavy atom. The highest BCUT2D eigenvalue weighted by Crippen LogP contribution is 2.28. The Labute approximate surface area is 249 Å². The molecule has 2 aromatic carbocycles. The maximum absolute atomic E-state index is 13.4. The number of anilines is 4. The predicted octanol–water partition coefficient (Wildman–Crippen LogP) is 3.10. The lowest BCUT2D eigenvalue weighted by Crippen LogP contribution is -2.46. The fraction of sp³-hybridized carbons (Fsp3) is 0.300. The van der Waals surface area contributed by atoms with Crippen molar-refractivity contribution in [3.63, 3.8) is 0 Å². The van der Waals surface area contributed by atoms with Crippen LogP contribution >= 0.6 is 0 Å². The summed E-state index contributed by atoms with van der Waals surface area (Å²) in [5.41, 5.74) is 2.15. The van der Waals surface area contributed by atoms with Gasteiger partial charge in [-0.1, -0.05) is 5.16 Å². The van der Waals surface area contributed by atoms with Gasteiger partial charge in [0.2, 0.25) is 16.0 Å². The molecule has 4 aromatic rings. The number of fused-ring (bicyclic) bond motifs is 1. The van der Waals surface area contributed by atoms with Crippen molar-refractivity contribution in [3.05, 3.63) is 83.4 Å². The van der Waals surface area contributed by atoms with Crippen molar-refractivity contribution in [2.24, 2.45) is 0 Å². The number of aromatic nitrogens is 3. The highest BCUT2D eigenvalue weighted by atomic mass is 32.2. The molecule has 0 unspecified atom stereocenters. The Hall–Kier alpha value is -4.33. The molecule has 0 atom stereocenters. The van der Waals surface area contributed by atoms with Crippen LogP contribution in [-0.2, 0) is 10.0 Å². The lowest BCUT2D eigenvalue weighted by atomic mass is 9.91. The number of sulfonamides is 1. The number of rotatable bonds is 10. The normalized spacial score (nSPS) is 18.4. The summed E-state index contributed by atoms with van der Waals surface area (Å²) in [7, 11) is -1.99. The first-order chi connectivity index (χ1) is 20.8. The molecule has 43 heavy (non-hydrogen) atoms. The Morgan fingerprint density at radius 2 is 1.72 bits per heavy atom. The lowest BCUT2D eigenvalue weighted by molar-refractivity contribution is 0.236. The first-order valence-electron chi connectivity index (χ1n) is 14.1. The maximum atomic E-state index is 13.4. The van der Waals surface area contributed by atoms with Gasteiger partial charge in [0, 0.05) is 49.4 Å². The summed E-state index contributed by atoms with van der Waals surface area (Å²) in [5.74, 6) is 0.552. The Kier molecular flexibility index (Phi) is 8.36. The van der Waals surface area contributed by atoms with Gasteiger partial charge in [-0.05, 0) is 86.4 Å². The summed E-state index contributed by atoms with van der Waals surface area (Å²) in [6.45, 7) is 1.47. The summed E-state index contributed by atoms with van der Waals surface area (Å²) >= 11 is 0. The van der Waals surface area contributed by atoms with Crippen LogP contribution in [0.15, 0.2) is 76.4 Å². The smallest absolute Gasteiger partial charge is 0.243 e. The zero-order chi connectivity index (χ0) is 29.8. The number of hydrogen-bond donors (Lipinski definition) is 3. The molecule has 0 radical (unpaired) electrons. The van der Waals surface area contributed by atoms with Gasteiger partial charge in [0.1, 0.15) is 11.6 Å². The standard InChI is InChI=1S/C30H33FN8O3S/c1-38(26-10-6-23(7-11-26)33-20-39-17-15-28-21(19-39)18-34-42-28)43(40,41)27-12-8-25(9-13-27)36-30-32-16-14-29(37-30)35-24-4-2-22(31)3-5-24/h2-5,8-9,12-16,18-19,23,26,33H,6-7,10-11,17,20H2,1H3,(H2,32,35,36,37). The molecule has 1 saturated carbocycles. The number of nitrogens with one attached hydrogen (secondary N) is 3. The van der Waals surface area contributed by atoms with E-state index in [1.165, 1.54) is 16.4 Å². The molecule has 0 amide bonds. The second kappa shape index (κ2) is 12.5. The third-order valence-electron chi connectivity index (χ3n) is 7.81. The number of benzene rings is 2. The van der Waals surface area contributed by atoms with Crippen LogP contribution in [0.25, 0.3) is 12.3 Å². The molecule has 3 N–H and O–H groups in total. The minimum Gasteiger partial charge on any atom is -0.360 e. The quantitative estimate of drug-likeness (QED) is 0.248. The second-order valence-electron chi connectivity index (χ2n) is 10.7. The van der Waals surface area contributed by atoms with E-state index >= 15 is 0 Å². The topological polar surface area (TPSA) is 129 Å². The largest absolute Gasteiger partial charge is 0.360 e. The molecule has 1 aliphatic carbocycles. The van der Waals surface area contributed by atoms with Crippen LogP contribution in [0.3, 0.4) is 0 Å². The van der Waals surface area contributed by atoms with E-state index in [4.69, 9.17) is 4.52 Å². The van der Waals surface area contributed by atoms with Gasteiger partial charge in [-0.3, -0.25) is 5.32 Å². The van der Waals surface area contributed by atoms with E-state index in [0.717, 1.165) is 42.9 Å². The van der Waals surface area contributed by atoms with Crippen LogP contribution in [0.2, 0.25) is 0 Å². The zero-order valence-electron chi connectivity index (χ0n) is 23.6. The Balaban J connectivity index is 1.01. The van der Waals surface area contributed by atoms with Crippen molar-refractivity contribution in [1.82, 2.24) is 29.6 Å². The third-order valence-corrected chi connectivity index (χ3v) is 9.74. The van der Waals surface area contributed by atoms with E-state index < -0.39 is 10.0 Å². The van der Waals surface area contributed by atoms with Crippen molar-refractivity contribution in [2.45, 2.75) is 42.7 Å². The molecule has 3 heterocycles. The number of nitrogens with zero attached hydrogens (tertiary/aromatic N) is 5. The molecular weight excluding hydrogens is 571 g/mol. The summed E-state index contributed by atoms with van der Waals surface area (Å²) in [4.78, 5) is 11.1. The molecule has 2 aliphatic rings. The summed E-state index contributed by atoms with van der Waals surface area (Å²) in [6.07, 6.45) is 10.8. The molecule has 6 rings (SSSR count). The van der Waals surface area contributed by atoms with Crippen LogP contribution < -0.4 is 26.6 Å². The highest BCUT2D eigenvalue weighted by Gasteiger charge is 2.31. The van der Waals surface area contributed by atoms with Gasteiger partial charge in [0.15, 0.2) is 5.42 Å². The molecule has 224 valence electrons. The van der Waals surface area contributed by atoms with Crippen LogP contribution in [0.5, 0.6) is 0 Å². The summed E-state index contributed by atoms with van der Waals surface area (Å²) in [5, 5.41) is 14.6. The van der Waals surface area contributed by atoms with Crippen LogP contribution in [0, 0.1) is 5.82 Å². The number of hydrogen-bond acceptors (Lipinski definition) is 10. The fourth-order valence-electron chi connectivity index (χ4n) is 5.33. The molecule has 11 nitrogen and oxygen atoms in total. The van der Waals surface area contributed by atoms with Gasteiger partial charge in [-0.25, -0.2) is 17.8 Å². The van der Waals surface area contributed by atoms with Crippen LogP contribution in [0.4, 0.5) is 27.5 Å². The highest BCUT2D eigenvalue weighted by molar-refractivity contribution is 7.89. The predicted molar refractivity (Wildman–Crippen MR) is 162 cm³/mol. The van der Waals surface area contributed by atoms with Gasteiger partial charge in [0.05, 0.1) is 23.0 Å². The molecular formula is C30H33FN8O3S. The SMILES string of the molecule is CN(C1CCC(NCN2C=c3cnoc3=CC2)CC1)S(=O)(=O)c1ccc(Nc2nccc(Nc3ccc(F)cc3)n2)cc1. The zero-order valence-corrected chi connectivity index (χ0v) is 24.5. The van der Waals surface area contributed by atoms with E-state index in [1.54, 1.807) is 61.9 Å². The molecule has 13 heteroatoms. The van der Waals surface area contributed by atoms with Crippen LogP contribution in [-0.4, -0.2) is 65.1 Å². The average Bonchev–Trinajstić information content (AvgIpc) is 3.50. The van der Waals surface area contributed by atoms with E-state index in [0.29, 0.717) is 35.9 Å². The monoisotopic (exact) mass is 604 g/mol. The molecule has 0 bridgehead atoms. The average molecular weight is 605 g/mol. The minimum atomic E-state index is -3.66. The third kappa shape index (κ3) is 6.85. The van der Waals surface area contributed by atoms with Gasteiger partial charge < -0.3 is 20.1 Å². The van der Waals surface area contributed by atoms with Gasteiger partial charge in [0.25, 0.3) is 0 Å². The lowest BCUT2D eigenvalue weighted by Gasteiger charge is -2.35. The summed E-state index contributed by atoms with van der Waals surface area (Å²) in [6, 6.07) is 14.5. The van der Waals surface area contributed by atoms with Crippen molar-refractivity contribution in [2.75, 3.05) is 30.9 Å². The van der Waals surface area contributed by atoms with Crippen LogP contribution in [0.1, 0.15) is 25.7 Å². The minimum absolute atomic E-state index is 0.0555. The van der Waals surface area contributed by atoms with Crippen molar-refractivity contribution in [1.29, 1.82) is 0 Å². The van der Waals surface area contributed by atoms with E-state index in [9.17, 15) is 12.8 Å². The molecule has 2 aromatic heterocycles. The van der Waals surface area contributed by atoms with Gasteiger partial charge in [-0.2, -0.15) is 9.29 Å². The van der Waals surface area contributed by atoms with Gasteiger partial charge >= 0.3 is 0 Å². The second-order valence-corrected chi connectivity index (χ2v) is 12.7. The maximum Gasteiger partial charge on any atom is 0.243 e. The number of halogens is 1. The molecule has 0 spiro atoms. The molecule has 1 aliphatic heterocycles. The van der Waals surface area contributed by atoms with E-state index in [1.807, 2.05) is 12.3 Å². The first kappa shape index (κ1) is 28.8. The summed E-state index contributed by atoms with van der Waals surface area (Å²) < 4.78 is 46.8. The first-order valence-corrected chi connectivity index (χ1v) is 15.6. The van der Waals surface area contributed by atoms with E-state index in [-0.39, 0.29) is 16.8 Å². The molecule has 1 fully saturated rings.